The summed E-state index contributed by atoms with van der Waals surface area (Å²) >= 11 is 1.58. The van der Waals surface area contributed by atoms with E-state index in [0.29, 0.717) is 6.61 Å². The Kier molecular flexibility index (Phi) is 3.61. The number of halogens is 1. The number of hydrogen-bond acceptors (Lipinski definition) is 3. The van der Waals surface area contributed by atoms with Gasteiger partial charge in [0.25, 0.3) is 0 Å². The smallest absolute Gasteiger partial charge is 0.137 e. The molecule has 1 aliphatic heterocycles. The number of rotatable bonds is 3. The molecule has 0 amide bonds. The summed E-state index contributed by atoms with van der Waals surface area (Å²) in [6.45, 7) is 2.55. The molecule has 0 saturated heterocycles. The summed E-state index contributed by atoms with van der Waals surface area (Å²) in [5.41, 5.74) is 3.99. The minimum atomic E-state index is -0.125. The molecule has 0 spiro atoms. The molecule has 1 aromatic carbocycles. The summed E-state index contributed by atoms with van der Waals surface area (Å²) in [4.78, 5) is 5.95. The average molecular weight is 227 g/mol. The van der Waals surface area contributed by atoms with Gasteiger partial charge in [-0.2, -0.15) is 5.48 Å². The highest BCUT2D eigenvalue weighted by molar-refractivity contribution is 7.99. The Morgan fingerprint density at radius 3 is 3.27 bits per heavy atom. The van der Waals surface area contributed by atoms with Crippen LogP contribution in [0.25, 0.3) is 0 Å². The molecule has 0 aliphatic carbocycles. The zero-order chi connectivity index (χ0) is 10.7. The Balaban J connectivity index is 2.22. The molecule has 0 aromatic heterocycles. The van der Waals surface area contributed by atoms with E-state index < -0.39 is 0 Å². The van der Waals surface area contributed by atoms with Crippen molar-refractivity contribution in [3.05, 3.63) is 29.6 Å². The number of hydroxylamine groups is 1. The molecule has 0 saturated carbocycles. The van der Waals surface area contributed by atoms with Crippen molar-refractivity contribution in [2.75, 3.05) is 12.4 Å². The Morgan fingerprint density at radius 2 is 2.47 bits per heavy atom. The molecular formula is C11H14FNOS. The third-order valence-electron chi connectivity index (χ3n) is 2.40. The van der Waals surface area contributed by atoms with Gasteiger partial charge >= 0.3 is 0 Å². The maximum Gasteiger partial charge on any atom is 0.137 e. The number of thioether (sulfide) groups is 1. The van der Waals surface area contributed by atoms with Gasteiger partial charge in [0.05, 0.1) is 12.6 Å². The molecule has 0 fully saturated rings. The second-order valence-corrected chi connectivity index (χ2v) is 4.50. The minimum Gasteiger partial charge on any atom is -0.302 e. The number of benzene rings is 1. The average Bonchev–Trinajstić information content (AvgIpc) is 2.27. The van der Waals surface area contributed by atoms with Crippen LogP contribution >= 0.6 is 11.8 Å². The highest BCUT2D eigenvalue weighted by Gasteiger charge is 2.22. The quantitative estimate of drug-likeness (QED) is 0.802. The van der Waals surface area contributed by atoms with Gasteiger partial charge in [-0.25, -0.2) is 4.39 Å². The zero-order valence-electron chi connectivity index (χ0n) is 8.63. The number of hydrogen-bond donors (Lipinski definition) is 1. The largest absolute Gasteiger partial charge is 0.302 e. The van der Waals surface area contributed by atoms with Crippen LogP contribution < -0.4 is 5.48 Å². The first-order chi connectivity index (χ1) is 7.33. The van der Waals surface area contributed by atoms with Crippen LogP contribution in [0.1, 0.15) is 24.9 Å². The molecular weight excluding hydrogens is 213 g/mol. The predicted molar refractivity (Wildman–Crippen MR) is 59.2 cm³/mol. The Morgan fingerprint density at radius 1 is 1.60 bits per heavy atom. The van der Waals surface area contributed by atoms with Crippen LogP contribution in [0, 0.1) is 5.82 Å². The monoisotopic (exact) mass is 227 g/mol. The van der Waals surface area contributed by atoms with E-state index in [1.807, 2.05) is 13.0 Å². The minimum absolute atomic E-state index is 0.122. The standard InChI is InChI=1S/C11H14FNOS/c1-2-14-13-10-6-7-15-11-8(10)4-3-5-9(11)12/h3-5,10,13H,2,6-7H2,1H3. The van der Waals surface area contributed by atoms with Crippen LogP contribution in [0.4, 0.5) is 4.39 Å². The second kappa shape index (κ2) is 4.96. The fourth-order valence-corrected chi connectivity index (χ4v) is 2.83. The highest BCUT2D eigenvalue weighted by Crippen LogP contribution is 2.37. The van der Waals surface area contributed by atoms with E-state index in [4.69, 9.17) is 4.84 Å². The molecule has 4 heteroatoms. The highest BCUT2D eigenvalue weighted by atomic mass is 32.2. The maximum atomic E-state index is 13.5. The van der Waals surface area contributed by atoms with Crippen molar-refractivity contribution >= 4 is 11.8 Å². The molecule has 15 heavy (non-hydrogen) atoms. The van der Waals surface area contributed by atoms with Crippen LogP contribution in [-0.2, 0) is 4.84 Å². The summed E-state index contributed by atoms with van der Waals surface area (Å²) in [6.07, 6.45) is 0.973. The van der Waals surface area contributed by atoms with Crippen molar-refractivity contribution in [3.8, 4) is 0 Å². The fourth-order valence-electron chi connectivity index (χ4n) is 1.69. The summed E-state index contributed by atoms with van der Waals surface area (Å²) in [6, 6.07) is 5.34. The van der Waals surface area contributed by atoms with Crippen molar-refractivity contribution in [1.82, 2.24) is 5.48 Å². The first-order valence-corrected chi connectivity index (χ1v) is 6.10. The molecule has 2 rings (SSSR count). The number of fused-ring (bicyclic) bond motifs is 1. The predicted octanol–water partition coefficient (Wildman–Crippen LogP) is 2.90. The van der Waals surface area contributed by atoms with Gasteiger partial charge in [-0.1, -0.05) is 12.1 Å². The molecule has 1 heterocycles. The lowest BCUT2D eigenvalue weighted by atomic mass is 10.0. The Hall–Kier alpha value is -0.580. The van der Waals surface area contributed by atoms with Gasteiger partial charge < -0.3 is 4.84 Å². The lowest BCUT2D eigenvalue weighted by Crippen LogP contribution is -2.25. The molecule has 0 radical (unpaired) electrons. The first kappa shape index (κ1) is 10.9. The Bertz CT molecular complexity index is 345. The Labute approximate surface area is 93.2 Å². The lowest BCUT2D eigenvalue weighted by molar-refractivity contribution is 0.0221. The number of nitrogens with one attached hydrogen (secondary N) is 1. The van der Waals surface area contributed by atoms with Crippen molar-refractivity contribution in [1.29, 1.82) is 0 Å². The third-order valence-corrected chi connectivity index (χ3v) is 3.55. The van der Waals surface area contributed by atoms with Gasteiger partial charge in [0, 0.05) is 10.6 Å². The normalized spacial score (nSPS) is 20.0. The first-order valence-electron chi connectivity index (χ1n) is 5.11. The second-order valence-electron chi connectivity index (χ2n) is 3.40. The van der Waals surface area contributed by atoms with Crippen molar-refractivity contribution < 1.29 is 9.23 Å². The van der Waals surface area contributed by atoms with Gasteiger partial charge in [0.1, 0.15) is 5.82 Å². The van der Waals surface area contributed by atoms with E-state index in [2.05, 4.69) is 5.48 Å². The van der Waals surface area contributed by atoms with Gasteiger partial charge in [-0.05, 0) is 25.0 Å². The molecule has 82 valence electrons. The van der Waals surface area contributed by atoms with Crippen LogP contribution in [0.5, 0.6) is 0 Å². The van der Waals surface area contributed by atoms with E-state index in [9.17, 15) is 4.39 Å². The van der Waals surface area contributed by atoms with Gasteiger partial charge in [0.2, 0.25) is 0 Å². The molecule has 1 aliphatic rings. The summed E-state index contributed by atoms with van der Waals surface area (Å²) in [5, 5.41) is 0. The van der Waals surface area contributed by atoms with Crippen LogP contribution in [-0.4, -0.2) is 12.4 Å². The van der Waals surface area contributed by atoms with E-state index in [1.165, 1.54) is 6.07 Å². The SMILES string of the molecule is CCONC1CCSc2c(F)cccc21. The third kappa shape index (κ3) is 2.33. The van der Waals surface area contributed by atoms with E-state index in [1.54, 1.807) is 17.8 Å². The summed E-state index contributed by atoms with van der Waals surface area (Å²) in [7, 11) is 0. The van der Waals surface area contributed by atoms with Crippen LogP contribution in [0.2, 0.25) is 0 Å². The van der Waals surface area contributed by atoms with Crippen molar-refractivity contribution in [2.45, 2.75) is 24.3 Å². The van der Waals surface area contributed by atoms with Gasteiger partial charge in [-0.15, -0.1) is 11.8 Å². The molecule has 1 N–H and O–H groups in total. The molecule has 1 unspecified atom stereocenters. The van der Waals surface area contributed by atoms with Gasteiger partial charge in [0.15, 0.2) is 0 Å². The molecule has 1 atom stereocenters. The van der Waals surface area contributed by atoms with Crippen LogP contribution in [0.3, 0.4) is 0 Å². The van der Waals surface area contributed by atoms with Crippen molar-refractivity contribution in [3.63, 3.8) is 0 Å². The topological polar surface area (TPSA) is 21.3 Å². The summed E-state index contributed by atoms with van der Waals surface area (Å²) < 4.78 is 13.5. The van der Waals surface area contributed by atoms with Crippen LogP contribution in [0.15, 0.2) is 23.1 Å². The molecule has 2 nitrogen and oxygen atoms in total. The van der Waals surface area contributed by atoms with E-state index >= 15 is 0 Å². The van der Waals surface area contributed by atoms with Gasteiger partial charge in [-0.3, -0.25) is 0 Å². The van der Waals surface area contributed by atoms with E-state index in [-0.39, 0.29) is 11.9 Å². The fraction of sp³-hybridized carbons (Fsp3) is 0.455. The van der Waals surface area contributed by atoms with E-state index in [0.717, 1.165) is 22.6 Å². The summed E-state index contributed by atoms with van der Waals surface area (Å²) in [5.74, 6) is 0.805. The maximum absolute atomic E-state index is 13.5. The van der Waals surface area contributed by atoms with Crippen molar-refractivity contribution in [2.24, 2.45) is 0 Å². The lowest BCUT2D eigenvalue weighted by Gasteiger charge is -2.25. The molecule has 1 aromatic rings. The molecule has 0 bridgehead atoms. The zero-order valence-corrected chi connectivity index (χ0v) is 9.44.